The second-order valence-corrected chi connectivity index (χ2v) is 5.68. The van der Waals surface area contributed by atoms with Gasteiger partial charge in [-0.05, 0) is 38.5 Å². The van der Waals surface area contributed by atoms with E-state index in [1.54, 1.807) is 32.9 Å². The van der Waals surface area contributed by atoms with Crippen LogP contribution in [0.5, 0.6) is 11.5 Å². The number of rotatable bonds is 5. The average molecular weight is 312 g/mol. The predicted molar refractivity (Wildman–Crippen MR) is 83.4 cm³/mol. The van der Waals surface area contributed by atoms with Crippen LogP contribution in [-0.4, -0.2) is 37.6 Å². The molecule has 1 aromatic rings. The molecule has 0 saturated carbocycles. The maximum atomic E-state index is 11.9. The largest absolute Gasteiger partial charge is 0.493 e. The van der Waals surface area contributed by atoms with Crippen LogP contribution in [0, 0.1) is 0 Å². The summed E-state index contributed by atoms with van der Waals surface area (Å²) in [5.41, 5.74) is 5.68. The van der Waals surface area contributed by atoms with E-state index in [1.165, 1.54) is 14.2 Å². The molecule has 124 valence electrons. The van der Waals surface area contributed by atoms with Gasteiger partial charge in [0, 0.05) is 6.54 Å². The van der Waals surface area contributed by atoms with Crippen molar-refractivity contribution in [3.05, 3.63) is 17.7 Å². The normalized spacial score (nSPS) is 12.5. The molecular formula is C15H24N2O5. The summed E-state index contributed by atoms with van der Waals surface area (Å²) < 4.78 is 15.7. The number of carbonyl (C=O) groups excluding carboxylic acids is 1. The van der Waals surface area contributed by atoms with Crippen molar-refractivity contribution in [2.24, 2.45) is 5.73 Å². The van der Waals surface area contributed by atoms with Crippen molar-refractivity contribution in [1.82, 2.24) is 0 Å². The molecule has 0 fully saturated rings. The van der Waals surface area contributed by atoms with E-state index >= 15 is 0 Å². The monoisotopic (exact) mass is 312 g/mol. The summed E-state index contributed by atoms with van der Waals surface area (Å²) in [5.74, 6) is 0.708. The molecule has 7 heteroatoms. The third kappa shape index (κ3) is 4.78. The zero-order chi connectivity index (χ0) is 16.9. The van der Waals surface area contributed by atoms with Gasteiger partial charge in [0.25, 0.3) is 0 Å². The van der Waals surface area contributed by atoms with Gasteiger partial charge in [-0.1, -0.05) is 0 Å². The molecular weight excluding hydrogens is 288 g/mol. The Morgan fingerprint density at radius 3 is 2.41 bits per heavy atom. The van der Waals surface area contributed by atoms with E-state index in [0.29, 0.717) is 22.7 Å². The van der Waals surface area contributed by atoms with Crippen molar-refractivity contribution in [1.29, 1.82) is 0 Å². The number of anilines is 1. The molecule has 0 aliphatic heterocycles. The van der Waals surface area contributed by atoms with Gasteiger partial charge in [0.2, 0.25) is 0 Å². The molecule has 4 N–H and O–H groups in total. The van der Waals surface area contributed by atoms with Crippen LogP contribution in [0.2, 0.25) is 0 Å². The van der Waals surface area contributed by atoms with E-state index in [0.717, 1.165) is 0 Å². The Morgan fingerprint density at radius 2 is 1.95 bits per heavy atom. The van der Waals surface area contributed by atoms with Gasteiger partial charge in [0.05, 0.1) is 26.0 Å². The fraction of sp³-hybridized carbons (Fsp3) is 0.533. The van der Waals surface area contributed by atoms with Crippen molar-refractivity contribution in [2.45, 2.75) is 32.5 Å². The number of hydrogen-bond donors (Lipinski definition) is 3. The molecule has 7 nitrogen and oxygen atoms in total. The van der Waals surface area contributed by atoms with Gasteiger partial charge in [-0.15, -0.1) is 0 Å². The van der Waals surface area contributed by atoms with Gasteiger partial charge in [0.1, 0.15) is 5.60 Å². The Bertz CT molecular complexity index is 525. The molecule has 1 atom stereocenters. The number of methoxy groups -OCH3 is 2. The number of benzene rings is 1. The minimum absolute atomic E-state index is 0.0430. The Morgan fingerprint density at radius 1 is 1.32 bits per heavy atom. The molecule has 0 spiro atoms. The quantitative estimate of drug-likeness (QED) is 0.769. The molecule has 0 bridgehead atoms. The third-order valence-corrected chi connectivity index (χ3v) is 2.74. The lowest BCUT2D eigenvalue weighted by molar-refractivity contribution is 0.0635. The van der Waals surface area contributed by atoms with Crippen molar-refractivity contribution in [2.75, 3.05) is 26.1 Å². The van der Waals surface area contributed by atoms with Gasteiger partial charge >= 0.3 is 6.09 Å². The second kappa shape index (κ2) is 7.33. The lowest BCUT2D eigenvalue weighted by Gasteiger charge is -2.21. The highest BCUT2D eigenvalue weighted by molar-refractivity contribution is 5.88. The maximum Gasteiger partial charge on any atom is 0.412 e. The first-order valence-electron chi connectivity index (χ1n) is 6.86. The van der Waals surface area contributed by atoms with Crippen LogP contribution < -0.4 is 20.5 Å². The molecule has 0 saturated heterocycles. The highest BCUT2D eigenvalue weighted by atomic mass is 16.6. The van der Waals surface area contributed by atoms with Crippen LogP contribution >= 0.6 is 0 Å². The summed E-state index contributed by atoms with van der Waals surface area (Å²) in [4.78, 5) is 11.9. The number of nitrogens with two attached hydrogens (primary N) is 1. The number of nitrogens with one attached hydrogen (secondary N) is 1. The lowest BCUT2D eigenvalue weighted by atomic mass is 10.1. The van der Waals surface area contributed by atoms with Gasteiger partial charge in [0.15, 0.2) is 11.5 Å². The van der Waals surface area contributed by atoms with Crippen LogP contribution in [0.15, 0.2) is 12.1 Å². The Balaban J connectivity index is 3.17. The number of aliphatic hydroxyl groups is 1. The van der Waals surface area contributed by atoms with E-state index < -0.39 is 17.8 Å². The van der Waals surface area contributed by atoms with Gasteiger partial charge in [-0.2, -0.15) is 0 Å². The molecule has 1 aromatic carbocycles. The summed E-state index contributed by atoms with van der Waals surface area (Å²) in [6.45, 7) is 5.33. The van der Waals surface area contributed by atoms with Crippen LogP contribution in [-0.2, 0) is 4.74 Å². The Kier molecular flexibility index (Phi) is 6.01. The van der Waals surface area contributed by atoms with Gasteiger partial charge < -0.3 is 25.1 Å². The highest BCUT2D eigenvalue weighted by Crippen LogP contribution is 2.38. The van der Waals surface area contributed by atoms with E-state index in [2.05, 4.69) is 5.32 Å². The summed E-state index contributed by atoms with van der Waals surface area (Å²) in [6.07, 6.45) is -1.51. The fourth-order valence-electron chi connectivity index (χ4n) is 1.82. The number of carbonyl (C=O) groups is 1. The summed E-state index contributed by atoms with van der Waals surface area (Å²) in [6, 6.07) is 3.18. The van der Waals surface area contributed by atoms with E-state index in [4.69, 9.17) is 19.9 Å². The summed E-state index contributed by atoms with van der Waals surface area (Å²) >= 11 is 0. The van der Waals surface area contributed by atoms with E-state index in [-0.39, 0.29) is 6.54 Å². The van der Waals surface area contributed by atoms with Crippen LogP contribution in [0.1, 0.15) is 32.4 Å². The van der Waals surface area contributed by atoms with Crippen LogP contribution in [0.3, 0.4) is 0 Å². The molecule has 22 heavy (non-hydrogen) atoms. The van der Waals surface area contributed by atoms with Crippen molar-refractivity contribution < 1.29 is 24.1 Å². The minimum Gasteiger partial charge on any atom is -0.493 e. The first-order valence-corrected chi connectivity index (χ1v) is 6.86. The van der Waals surface area contributed by atoms with E-state index in [9.17, 15) is 9.90 Å². The van der Waals surface area contributed by atoms with Gasteiger partial charge in [-0.25, -0.2) is 4.79 Å². The lowest BCUT2D eigenvalue weighted by Crippen LogP contribution is -2.27. The number of aliphatic hydroxyl groups excluding tert-OH is 1. The summed E-state index contributed by atoms with van der Waals surface area (Å²) in [7, 11) is 2.92. The van der Waals surface area contributed by atoms with Crippen molar-refractivity contribution in [3.63, 3.8) is 0 Å². The Hall–Kier alpha value is -1.99. The third-order valence-electron chi connectivity index (χ3n) is 2.74. The molecule has 0 radical (unpaired) electrons. The van der Waals surface area contributed by atoms with Crippen molar-refractivity contribution >= 4 is 11.8 Å². The standard InChI is InChI=1S/C15H24N2O5/c1-15(2,3)22-14(19)17-10-6-9(11(18)8-16)7-12(20-4)13(10)21-5/h6-7,11,18H,8,16H2,1-5H3,(H,17,19). The van der Waals surface area contributed by atoms with Gasteiger partial charge in [-0.3, -0.25) is 5.32 Å². The fourth-order valence-corrected chi connectivity index (χ4v) is 1.82. The van der Waals surface area contributed by atoms with Crippen molar-refractivity contribution in [3.8, 4) is 11.5 Å². The molecule has 0 aromatic heterocycles. The number of hydrogen-bond acceptors (Lipinski definition) is 6. The maximum absolute atomic E-state index is 11.9. The number of ether oxygens (including phenoxy) is 3. The smallest absolute Gasteiger partial charge is 0.412 e. The first-order chi connectivity index (χ1) is 10.2. The molecule has 0 aliphatic carbocycles. The minimum atomic E-state index is -0.876. The summed E-state index contributed by atoms with van der Waals surface area (Å²) in [5, 5.41) is 12.5. The molecule has 0 aliphatic rings. The Labute approximate surface area is 130 Å². The zero-order valence-corrected chi connectivity index (χ0v) is 13.6. The van der Waals surface area contributed by atoms with Crippen LogP contribution in [0.4, 0.5) is 10.5 Å². The van der Waals surface area contributed by atoms with E-state index in [1.807, 2.05) is 0 Å². The number of amides is 1. The van der Waals surface area contributed by atoms with Crippen LogP contribution in [0.25, 0.3) is 0 Å². The first kappa shape index (κ1) is 18.1. The molecule has 0 heterocycles. The molecule has 1 amide bonds. The molecule has 1 rings (SSSR count). The predicted octanol–water partition coefficient (Wildman–Crippen LogP) is 2.04. The average Bonchev–Trinajstić information content (AvgIpc) is 2.43. The zero-order valence-electron chi connectivity index (χ0n) is 13.6. The molecule has 1 unspecified atom stereocenters. The second-order valence-electron chi connectivity index (χ2n) is 5.68. The topological polar surface area (TPSA) is 103 Å². The SMILES string of the molecule is COc1cc(C(O)CN)cc(NC(=O)OC(C)(C)C)c1OC. The highest BCUT2D eigenvalue weighted by Gasteiger charge is 2.21.